The van der Waals surface area contributed by atoms with Gasteiger partial charge in [-0.3, -0.25) is 0 Å². The standard InChI is InChI=1S/C19H19N5S/c1-12(20)23-15-6-2-13(3-7-15)17-10-11-18(25-17)14-4-8-16(9-5-14)24-19(21)22/h2-11H,1H3,(H2,20,23)(H4,21,22,24). The maximum Gasteiger partial charge on any atom is 0.191 e. The van der Waals surface area contributed by atoms with E-state index in [1.54, 1.807) is 18.3 Å². The third-order valence-electron chi connectivity index (χ3n) is 3.47. The van der Waals surface area contributed by atoms with E-state index in [-0.39, 0.29) is 5.96 Å². The zero-order chi connectivity index (χ0) is 17.8. The summed E-state index contributed by atoms with van der Waals surface area (Å²) in [6.45, 7) is 1.78. The highest BCUT2D eigenvalue weighted by Gasteiger charge is 2.05. The van der Waals surface area contributed by atoms with Crippen molar-refractivity contribution in [3.8, 4) is 20.9 Å². The lowest BCUT2D eigenvalue weighted by Gasteiger charge is -2.00. The predicted octanol–water partition coefficient (Wildman–Crippen LogP) is 4.00. The van der Waals surface area contributed by atoms with Crippen LogP contribution in [-0.4, -0.2) is 11.8 Å². The molecule has 2 aromatic carbocycles. The molecule has 0 aliphatic heterocycles. The second-order valence-electron chi connectivity index (χ2n) is 5.55. The minimum Gasteiger partial charge on any atom is -0.387 e. The summed E-state index contributed by atoms with van der Waals surface area (Å²) in [4.78, 5) is 10.7. The molecule has 0 saturated heterocycles. The van der Waals surface area contributed by atoms with E-state index in [9.17, 15) is 0 Å². The van der Waals surface area contributed by atoms with Gasteiger partial charge < -0.3 is 17.2 Å². The van der Waals surface area contributed by atoms with Gasteiger partial charge in [0.25, 0.3) is 0 Å². The normalized spacial score (nSPS) is 11.3. The van der Waals surface area contributed by atoms with Gasteiger partial charge in [0.1, 0.15) is 0 Å². The molecule has 0 atom stereocenters. The molecule has 0 spiro atoms. The van der Waals surface area contributed by atoms with Crippen molar-refractivity contribution in [3.63, 3.8) is 0 Å². The molecule has 0 radical (unpaired) electrons. The number of hydrogen-bond acceptors (Lipinski definition) is 3. The average molecular weight is 349 g/mol. The highest BCUT2D eigenvalue weighted by Crippen LogP contribution is 2.35. The van der Waals surface area contributed by atoms with E-state index in [1.807, 2.05) is 36.4 Å². The van der Waals surface area contributed by atoms with Crippen LogP contribution in [0.2, 0.25) is 0 Å². The molecule has 126 valence electrons. The first kappa shape index (κ1) is 16.7. The summed E-state index contributed by atoms with van der Waals surface area (Å²) in [5.74, 6) is 0.610. The maximum absolute atomic E-state index is 5.61. The molecule has 5 nitrogen and oxygen atoms in total. The van der Waals surface area contributed by atoms with Crippen LogP contribution < -0.4 is 17.2 Å². The summed E-state index contributed by atoms with van der Waals surface area (Å²) in [6, 6.07) is 20.1. The quantitative estimate of drug-likeness (QED) is 0.490. The van der Waals surface area contributed by atoms with E-state index >= 15 is 0 Å². The molecule has 1 heterocycles. The fourth-order valence-corrected chi connectivity index (χ4v) is 3.42. The molecule has 3 aromatic rings. The Morgan fingerprint density at radius 1 is 0.680 bits per heavy atom. The number of guanidine groups is 1. The Kier molecular flexibility index (Phi) is 4.81. The smallest absolute Gasteiger partial charge is 0.191 e. The number of aliphatic imine (C=N–C) groups is 2. The number of nitrogens with two attached hydrogens (primary N) is 3. The van der Waals surface area contributed by atoms with Gasteiger partial charge in [0.2, 0.25) is 0 Å². The molecule has 0 aliphatic carbocycles. The van der Waals surface area contributed by atoms with Crippen LogP contribution in [-0.2, 0) is 0 Å². The van der Waals surface area contributed by atoms with Crippen LogP contribution in [0, 0.1) is 0 Å². The number of nitrogens with zero attached hydrogens (tertiary/aromatic N) is 2. The van der Waals surface area contributed by atoms with E-state index in [2.05, 4.69) is 34.3 Å². The van der Waals surface area contributed by atoms with Crippen molar-refractivity contribution < 1.29 is 0 Å². The molecule has 1 aromatic heterocycles. The van der Waals surface area contributed by atoms with E-state index in [0.717, 1.165) is 22.5 Å². The monoisotopic (exact) mass is 349 g/mol. The number of benzene rings is 2. The second-order valence-corrected chi connectivity index (χ2v) is 6.63. The van der Waals surface area contributed by atoms with Crippen molar-refractivity contribution in [3.05, 3.63) is 60.7 Å². The van der Waals surface area contributed by atoms with Crippen molar-refractivity contribution in [2.75, 3.05) is 0 Å². The van der Waals surface area contributed by atoms with Crippen LogP contribution in [0.1, 0.15) is 6.92 Å². The lowest BCUT2D eigenvalue weighted by molar-refractivity contribution is 1.42. The zero-order valence-corrected chi connectivity index (χ0v) is 14.6. The van der Waals surface area contributed by atoms with Gasteiger partial charge in [0, 0.05) is 9.75 Å². The molecule has 0 fully saturated rings. The third kappa shape index (κ3) is 4.24. The van der Waals surface area contributed by atoms with Crippen molar-refractivity contribution in [1.82, 2.24) is 0 Å². The predicted molar refractivity (Wildman–Crippen MR) is 108 cm³/mol. The van der Waals surface area contributed by atoms with Crippen molar-refractivity contribution in [2.24, 2.45) is 27.2 Å². The Morgan fingerprint density at radius 2 is 1.12 bits per heavy atom. The van der Waals surface area contributed by atoms with Crippen LogP contribution in [0.3, 0.4) is 0 Å². The van der Waals surface area contributed by atoms with Gasteiger partial charge in [-0.25, -0.2) is 9.98 Å². The van der Waals surface area contributed by atoms with Crippen LogP contribution in [0.25, 0.3) is 20.9 Å². The Bertz CT molecular complexity index is 837. The Morgan fingerprint density at radius 3 is 1.52 bits per heavy atom. The molecule has 6 heteroatoms. The molecule has 0 amide bonds. The van der Waals surface area contributed by atoms with Gasteiger partial charge in [-0.15, -0.1) is 11.3 Å². The Labute approximate surface area is 150 Å². The highest BCUT2D eigenvalue weighted by molar-refractivity contribution is 7.18. The van der Waals surface area contributed by atoms with Gasteiger partial charge in [0.05, 0.1) is 17.2 Å². The molecule has 0 unspecified atom stereocenters. The SMILES string of the molecule is CC(N)=Nc1ccc(-c2ccc(-c3ccc(N=C(N)N)cc3)s2)cc1. The zero-order valence-electron chi connectivity index (χ0n) is 13.8. The Balaban J connectivity index is 1.82. The molecule has 0 saturated carbocycles. The lowest BCUT2D eigenvalue weighted by atomic mass is 10.1. The third-order valence-corrected chi connectivity index (χ3v) is 4.66. The highest BCUT2D eigenvalue weighted by atomic mass is 32.1. The first-order valence-electron chi connectivity index (χ1n) is 7.72. The van der Waals surface area contributed by atoms with Crippen LogP contribution in [0.4, 0.5) is 11.4 Å². The van der Waals surface area contributed by atoms with Crippen LogP contribution >= 0.6 is 11.3 Å². The van der Waals surface area contributed by atoms with Crippen LogP contribution in [0.5, 0.6) is 0 Å². The molecule has 6 N–H and O–H groups in total. The van der Waals surface area contributed by atoms with Gasteiger partial charge in [0.15, 0.2) is 5.96 Å². The summed E-state index contributed by atoms with van der Waals surface area (Å²) in [5.41, 5.74) is 20.3. The molecular weight excluding hydrogens is 330 g/mol. The minimum atomic E-state index is 0.0590. The number of thiophene rings is 1. The van der Waals surface area contributed by atoms with E-state index in [4.69, 9.17) is 17.2 Å². The summed E-state index contributed by atoms with van der Waals surface area (Å²) in [6.07, 6.45) is 0. The van der Waals surface area contributed by atoms with E-state index < -0.39 is 0 Å². The molecule has 0 bridgehead atoms. The van der Waals surface area contributed by atoms with Crippen molar-refractivity contribution in [2.45, 2.75) is 6.92 Å². The Hall–Kier alpha value is -3.12. The lowest BCUT2D eigenvalue weighted by Crippen LogP contribution is -2.21. The van der Waals surface area contributed by atoms with Gasteiger partial charge in [-0.05, 0) is 54.4 Å². The summed E-state index contributed by atoms with van der Waals surface area (Å²) in [5, 5.41) is 0. The number of amidine groups is 1. The van der Waals surface area contributed by atoms with E-state index in [0.29, 0.717) is 5.84 Å². The average Bonchev–Trinajstić information content (AvgIpc) is 3.05. The fourth-order valence-electron chi connectivity index (χ4n) is 2.40. The first-order chi connectivity index (χ1) is 12.0. The van der Waals surface area contributed by atoms with E-state index in [1.165, 1.54) is 9.75 Å². The van der Waals surface area contributed by atoms with Crippen molar-refractivity contribution >= 4 is 34.5 Å². The molecule has 3 rings (SSSR count). The largest absolute Gasteiger partial charge is 0.387 e. The minimum absolute atomic E-state index is 0.0590. The summed E-state index contributed by atoms with van der Waals surface area (Å²) >= 11 is 1.73. The topological polar surface area (TPSA) is 103 Å². The summed E-state index contributed by atoms with van der Waals surface area (Å²) in [7, 11) is 0. The van der Waals surface area contributed by atoms with Crippen LogP contribution in [0.15, 0.2) is 70.6 Å². The number of hydrogen-bond donors (Lipinski definition) is 3. The maximum atomic E-state index is 5.61. The van der Waals surface area contributed by atoms with Gasteiger partial charge in [-0.2, -0.15) is 0 Å². The van der Waals surface area contributed by atoms with Gasteiger partial charge in [-0.1, -0.05) is 24.3 Å². The molecular formula is C19H19N5S. The fraction of sp³-hybridized carbons (Fsp3) is 0.0526. The molecule has 25 heavy (non-hydrogen) atoms. The summed E-state index contributed by atoms with van der Waals surface area (Å²) < 4.78 is 0. The first-order valence-corrected chi connectivity index (χ1v) is 8.54. The van der Waals surface area contributed by atoms with Gasteiger partial charge >= 0.3 is 0 Å². The molecule has 0 aliphatic rings. The van der Waals surface area contributed by atoms with Crippen molar-refractivity contribution in [1.29, 1.82) is 0 Å². The second kappa shape index (κ2) is 7.19. The number of rotatable bonds is 4.